The van der Waals surface area contributed by atoms with E-state index in [4.69, 9.17) is 5.73 Å². The van der Waals surface area contributed by atoms with Gasteiger partial charge in [0.25, 0.3) is 0 Å². The van der Waals surface area contributed by atoms with Crippen molar-refractivity contribution in [1.82, 2.24) is 9.78 Å². The summed E-state index contributed by atoms with van der Waals surface area (Å²) in [6, 6.07) is 0. The normalized spacial score (nSPS) is 9.07. The molecule has 1 heterocycles. The first-order valence-electron chi connectivity index (χ1n) is 4.57. The lowest BCUT2D eigenvalue weighted by molar-refractivity contribution is 0.698. The molecular weight excluding hydrogens is 174 g/mol. The van der Waals surface area contributed by atoms with Crippen LogP contribution in [0.5, 0.6) is 0 Å². The van der Waals surface area contributed by atoms with E-state index >= 15 is 0 Å². The number of nitrogens with two attached hydrogens (primary N) is 1. The maximum absolute atomic E-state index is 5.27. The summed E-state index contributed by atoms with van der Waals surface area (Å²) in [5, 5.41) is 4.17. The molecule has 14 heavy (non-hydrogen) atoms. The number of allylic oxidation sites excluding steroid dienone is 2. The van der Waals surface area contributed by atoms with Crippen LogP contribution in [0, 0.1) is 11.8 Å². The summed E-state index contributed by atoms with van der Waals surface area (Å²) in [6.45, 7) is 5.32. The fourth-order valence-corrected chi connectivity index (χ4v) is 0.957. The van der Waals surface area contributed by atoms with E-state index in [0.29, 0.717) is 6.54 Å². The van der Waals surface area contributed by atoms with Crippen LogP contribution >= 0.6 is 0 Å². The lowest BCUT2D eigenvalue weighted by Crippen LogP contribution is -1.95. The molecule has 0 aliphatic rings. The minimum absolute atomic E-state index is 0.388. The van der Waals surface area contributed by atoms with Gasteiger partial charge in [0.2, 0.25) is 0 Å². The number of rotatable bonds is 2. The molecular formula is C11H15N3. The van der Waals surface area contributed by atoms with E-state index in [9.17, 15) is 0 Å². The van der Waals surface area contributed by atoms with Crippen molar-refractivity contribution in [3.63, 3.8) is 0 Å². The minimum atomic E-state index is 0.388. The maximum Gasteiger partial charge on any atom is 0.0646 e. The van der Waals surface area contributed by atoms with Crippen LogP contribution in [-0.4, -0.2) is 16.3 Å². The Morgan fingerprint density at radius 1 is 1.64 bits per heavy atom. The van der Waals surface area contributed by atoms with E-state index in [2.05, 4.69) is 36.9 Å². The second-order valence-corrected chi connectivity index (χ2v) is 3.24. The molecule has 1 aromatic heterocycles. The molecule has 3 heteroatoms. The van der Waals surface area contributed by atoms with E-state index in [1.807, 2.05) is 10.9 Å². The Kier molecular flexibility index (Phi) is 3.96. The molecule has 2 N–H and O–H groups in total. The Hall–Kier alpha value is -1.53. The molecule has 0 aromatic carbocycles. The Bertz CT molecular complexity index is 373. The van der Waals surface area contributed by atoms with Gasteiger partial charge in [-0.1, -0.05) is 23.5 Å². The summed E-state index contributed by atoms with van der Waals surface area (Å²) in [6.07, 6.45) is 5.79. The average molecular weight is 189 g/mol. The Morgan fingerprint density at radius 3 is 3.07 bits per heavy atom. The highest BCUT2D eigenvalue weighted by molar-refractivity contribution is 5.29. The third-order valence-corrected chi connectivity index (χ3v) is 1.65. The van der Waals surface area contributed by atoms with E-state index in [1.165, 1.54) is 5.57 Å². The zero-order valence-electron chi connectivity index (χ0n) is 8.62. The van der Waals surface area contributed by atoms with Gasteiger partial charge in [-0.25, -0.2) is 0 Å². The highest BCUT2D eigenvalue weighted by atomic mass is 15.3. The molecule has 0 aliphatic heterocycles. The maximum atomic E-state index is 5.27. The standard InChI is InChI=1S/C11H15N3/c1-10(2)5-7-14-9-11(8-13-14)4-3-6-12/h5,8-9H,6-7,12H2,1-2H3. The number of hydrogen-bond acceptors (Lipinski definition) is 2. The van der Waals surface area contributed by atoms with Gasteiger partial charge in [0.1, 0.15) is 0 Å². The van der Waals surface area contributed by atoms with E-state index in [-0.39, 0.29) is 0 Å². The second kappa shape index (κ2) is 5.25. The molecule has 74 valence electrons. The predicted octanol–water partition coefficient (Wildman–Crippen LogP) is 1.16. The summed E-state index contributed by atoms with van der Waals surface area (Å²) < 4.78 is 1.85. The van der Waals surface area contributed by atoms with Crippen LogP contribution < -0.4 is 5.73 Å². The fourth-order valence-electron chi connectivity index (χ4n) is 0.957. The van der Waals surface area contributed by atoms with Crippen LogP contribution in [0.4, 0.5) is 0 Å². The lowest BCUT2D eigenvalue weighted by atomic mass is 10.3. The molecule has 1 aromatic rings. The number of hydrogen-bond donors (Lipinski definition) is 1. The van der Waals surface area contributed by atoms with Crippen molar-refractivity contribution < 1.29 is 0 Å². The predicted molar refractivity (Wildman–Crippen MR) is 57.6 cm³/mol. The Labute approximate surface area is 84.6 Å². The quantitative estimate of drug-likeness (QED) is 0.560. The van der Waals surface area contributed by atoms with Gasteiger partial charge in [-0.05, 0) is 13.8 Å². The van der Waals surface area contributed by atoms with Gasteiger partial charge in [-0.15, -0.1) is 0 Å². The van der Waals surface area contributed by atoms with Crippen LogP contribution in [-0.2, 0) is 6.54 Å². The second-order valence-electron chi connectivity index (χ2n) is 3.24. The van der Waals surface area contributed by atoms with Crippen molar-refractivity contribution in [2.45, 2.75) is 20.4 Å². The van der Waals surface area contributed by atoms with Crippen molar-refractivity contribution >= 4 is 0 Å². The van der Waals surface area contributed by atoms with E-state index in [1.54, 1.807) is 6.20 Å². The van der Waals surface area contributed by atoms with Crippen molar-refractivity contribution in [2.75, 3.05) is 6.54 Å². The first-order chi connectivity index (χ1) is 6.72. The summed E-state index contributed by atoms with van der Waals surface area (Å²) >= 11 is 0. The van der Waals surface area contributed by atoms with Crippen LogP contribution in [0.3, 0.4) is 0 Å². The monoisotopic (exact) mass is 189 g/mol. The Morgan fingerprint density at radius 2 is 2.43 bits per heavy atom. The Balaban J connectivity index is 2.64. The zero-order chi connectivity index (χ0) is 10.4. The summed E-state index contributed by atoms with van der Waals surface area (Å²) in [4.78, 5) is 0. The van der Waals surface area contributed by atoms with Gasteiger partial charge in [0.05, 0.1) is 24.8 Å². The minimum Gasteiger partial charge on any atom is -0.320 e. The zero-order valence-corrected chi connectivity index (χ0v) is 8.62. The summed E-state index contributed by atoms with van der Waals surface area (Å²) in [5.41, 5.74) is 7.47. The van der Waals surface area contributed by atoms with E-state index < -0.39 is 0 Å². The molecule has 0 saturated carbocycles. The van der Waals surface area contributed by atoms with Crippen LogP contribution in [0.25, 0.3) is 0 Å². The van der Waals surface area contributed by atoms with Gasteiger partial charge in [-0.3, -0.25) is 4.68 Å². The SMILES string of the molecule is CC(C)=CCn1cc(C#CCN)cn1. The lowest BCUT2D eigenvalue weighted by Gasteiger charge is -1.94. The van der Waals surface area contributed by atoms with Gasteiger partial charge in [0.15, 0.2) is 0 Å². The highest BCUT2D eigenvalue weighted by Gasteiger charge is 1.92. The molecule has 0 fully saturated rings. The third kappa shape index (κ3) is 3.46. The van der Waals surface area contributed by atoms with Crippen molar-refractivity contribution in [2.24, 2.45) is 5.73 Å². The first-order valence-corrected chi connectivity index (χ1v) is 4.57. The smallest absolute Gasteiger partial charge is 0.0646 e. The molecule has 0 amide bonds. The fraction of sp³-hybridized carbons (Fsp3) is 0.364. The number of aromatic nitrogens is 2. The van der Waals surface area contributed by atoms with Crippen LogP contribution in [0.15, 0.2) is 24.0 Å². The average Bonchev–Trinajstić information content (AvgIpc) is 2.59. The first kappa shape index (κ1) is 10.6. The van der Waals surface area contributed by atoms with Crippen LogP contribution in [0.1, 0.15) is 19.4 Å². The molecule has 0 spiro atoms. The molecule has 0 radical (unpaired) electrons. The van der Waals surface area contributed by atoms with Gasteiger partial charge in [0, 0.05) is 6.20 Å². The van der Waals surface area contributed by atoms with Gasteiger partial charge >= 0.3 is 0 Å². The number of nitrogens with zero attached hydrogens (tertiary/aromatic N) is 2. The van der Waals surface area contributed by atoms with Crippen molar-refractivity contribution in [3.8, 4) is 11.8 Å². The molecule has 0 unspecified atom stereocenters. The molecule has 0 bridgehead atoms. The molecule has 0 saturated heterocycles. The largest absolute Gasteiger partial charge is 0.320 e. The van der Waals surface area contributed by atoms with Gasteiger partial charge in [-0.2, -0.15) is 5.10 Å². The topological polar surface area (TPSA) is 43.8 Å². The molecule has 0 aliphatic carbocycles. The van der Waals surface area contributed by atoms with Crippen LogP contribution in [0.2, 0.25) is 0 Å². The summed E-state index contributed by atoms with van der Waals surface area (Å²) in [7, 11) is 0. The summed E-state index contributed by atoms with van der Waals surface area (Å²) in [5.74, 6) is 5.73. The highest BCUT2D eigenvalue weighted by Crippen LogP contribution is 1.97. The molecule has 3 nitrogen and oxygen atoms in total. The molecule has 0 atom stereocenters. The third-order valence-electron chi connectivity index (χ3n) is 1.65. The van der Waals surface area contributed by atoms with Gasteiger partial charge < -0.3 is 5.73 Å². The van der Waals surface area contributed by atoms with Crippen molar-refractivity contribution in [3.05, 3.63) is 29.6 Å². The van der Waals surface area contributed by atoms with Crippen molar-refractivity contribution in [1.29, 1.82) is 0 Å². The van der Waals surface area contributed by atoms with E-state index in [0.717, 1.165) is 12.1 Å². The molecule has 1 rings (SSSR count).